The van der Waals surface area contributed by atoms with Crippen LogP contribution in [0.3, 0.4) is 0 Å². The summed E-state index contributed by atoms with van der Waals surface area (Å²) in [5.74, 6) is 0.985. The third-order valence-corrected chi connectivity index (χ3v) is 4.59. The van der Waals surface area contributed by atoms with Gasteiger partial charge in [0.1, 0.15) is 5.76 Å². The smallest absolute Gasteiger partial charge is 0.115 e. The lowest BCUT2D eigenvalue weighted by molar-refractivity contribution is 0.232. The van der Waals surface area contributed by atoms with Crippen LogP contribution < -0.4 is 0 Å². The van der Waals surface area contributed by atoms with Gasteiger partial charge in [0.2, 0.25) is 0 Å². The Morgan fingerprint density at radius 3 is 2.25 bits per heavy atom. The lowest BCUT2D eigenvalue weighted by Gasteiger charge is -2.23. The number of ether oxygens (including phenoxy) is 2. The number of hydrogen-bond donors (Lipinski definition) is 0. The molecule has 2 heteroatoms. The van der Waals surface area contributed by atoms with Crippen molar-refractivity contribution in [2.45, 2.75) is 85.0 Å². The molecule has 138 valence electrons. The molecule has 1 rings (SSSR count). The molecule has 1 unspecified atom stereocenters. The summed E-state index contributed by atoms with van der Waals surface area (Å²) in [6.45, 7) is 8.08. The second-order valence-electron chi connectivity index (χ2n) is 7.08. The van der Waals surface area contributed by atoms with Crippen LogP contribution in [0, 0.1) is 5.41 Å². The van der Waals surface area contributed by atoms with E-state index >= 15 is 0 Å². The highest BCUT2D eigenvalue weighted by Crippen LogP contribution is 2.31. The summed E-state index contributed by atoms with van der Waals surface area (Å²) in [7, 11) is 0. The summed E-state index contributed by atoms with van der Waals surface area (Å²) in [5.41, 5.74) is 0.0547. The van der Waals surface area contributed by atoms with Crippen molar-refractivity contribution >= 4 is 0 Å². The molecule has 2 nitrogen and oxygen atoms in total. The van der Waals surface area contributed by atoms with Crippen molar-refractivity contribution in [2.75, 3.05) is 13.2 Å². The van der Waals surface area contributed by atoms with Gasteiger partial charge in [-0.1, -0.05) is 71.3 Å². The molecule has 0 saturated carbocycles. The normalized spacial score (nSPS) is 20.4. The van der Waals surface area contributed by atoms with Crippen LogP contribution in [-0.2, 0) is 9.47 Å². The summed E-state index contributed by atoms with van der Waals surface area (Å²) < 4.78 is 11.2. The van der Waals surface area contributed by atoms with Gasteiger partial charge in [-0.15, -0.1) is 0 Å². The van der Waals surface area contributed by atoms with E-state index in [9.17, 15) is 0 Å². The highest BCUT2D eigenvalue weighted by molar-refractivity contribution is 5.25. The minimum absolute atomic E-state index is 0.0547. The first-order valence-corrected chi connectivity index (χ1v) is 10.0. The Morgan fingerprint density at radius 1 is 1.00 bits per heavy atom. The Morgan fingerprint density at radius 2 is 1.67 bits per heavy atom. The van der Waals surface area contributed by atoms with Crippen LogP contribution in [-0.4, -0.2) is 13.2 Å². The van der Waals surface area contributed by atoms with Gasteiger partial charge in [-0.3, -0.25) is 0 Å². The van der Waals surface area contributed by atoms with E-state index in [4.69, 9.17) is 9.47 Å². The van der Waals surface area contributed by atoms with Gasteiger partial charge in [-0.05, 0) is 38.0 Å². The second-order valence-corrected chi connectivity index (χ2v) is 7.08. The Bertz CT molecular complexity index is 395. The number of hydrogen-bond acceptors (Lipinski definition) is 2. The molecule has 0 aliphatic heterocycles. The number of unbranched alkanes of at least 4 members (excludes halogenated alkanes) is 8. The SMILES string of the molecule is CCCCCCCCCCCOC=CC1(C)C=CC(OCC)=CC1. The zero-order chi connectivity index (χ0) is 17.5. The van der Waals surface area contributed by atoms with E-state index in [0.29, 0.717) is 0 Å². The fourth-order valence-electron chi connectivity index (χ4n) is 2.89. The molecular formula is C22H38O2. The molecule has 0 aromatic carbocycles. The minimum atomic E-state index is 0.0547. The molecule has 0 saturated heterocycles. The van der Waals surface area contributed by atoms with Gasteiger partial charge in [-0.2, -0.15) is 0 Å². The average molecular weight is 335 g/mol. The maximum atomic E-state index is 5.67. The van der Waals surface area contributed by atoms with Crippen molar-refractivity contribution < 1.29 is 9.47 Å². The molecule has 0 fully saturated rings. The summed E-state index contributed by atoms with van der Waals surface area (Å²) in [4.78, 5) is 0. The van der Waals surface area contributed by atoms with Crippen molar-refractivity contribution in [2.24, 2.45) is 5.41 Å². The van der Waals surface area contributed by atoms with Crippen molar-refractivity contribution in [3.05, 3.63) is 36.3 Å². The van der Waals surface area contributed by atoms with Gasteiger partial charge in [0.25, 0.3) is 0 Å². The second kappa shape index (κ2) is 13.1. The van der Waals surface area contributed by atoms with Crippen molar-refractivity contribution in [1.82, 2.24) is 0 Å². The highest BCUT2D eigenvalue weighted by Gasteiger charge is 2.19. The predicted octanol–water partition coefficient (Wildman–Crippen LogP) is 6.93. The van der Waals surface area contributed by atoms with Crippen LogP contribution in [0.5, 0.6) is 0 Å². The Kier molecular flexibility index (Phi) is 11.4. The zero-order valence-corrected chi connectivity index (χ0v) is 16.2. The van der Waals surface area contributed by atoms with Crippen LogP contribution in [0.15, 0.2) is 36.3 Å². The molecule has 1 aliphatic rings. The van der Waals surface area contributed by atoms with Crippen LogP contribution in [0.2, 0.25) is 0 Å². The molecule has 0 amide bonds. The Balaban J connectivity index is 1.99. The monoisotopic (exact) mass is 334 g/mol. The summed E-state index contributed by atoms with van der Waals surface area (Å²) in [6, 6.07) is 0. The lowest BCUT2D eigenvalue weighted by Crippen LogP contribution is -2.12. The minimum Gasteiger partial charge on any atom is -0.501 e. The molecule has 0 aromatic heterocycles. The van der Waals surface area contributed by atoms with Crippen LogP contribution in [0.4, 0.5) is 0 Å². The van der Waals surface area contributed by atoms with Crippen molar-refractivity contribution in [3.8, 4) is 0 Å². The van der Waals surface area contributed by atoms with Crippen LogP contribution >= 0.6 is 0 Å². The van der Waals surface area contributed by atoms with E-state index in [-0.39, 0.29) is 5.41 Å². The predicted molar refractivity (Wildman–Crippen MR) is 104 cm³/mol. The molecule has 0 heterocycles. The number of allylic oxidation sites excluding steroid dienone is 4. The van der Waals surface area contributed by atoms with Gasteiger partial charge in [0.15, 0.2) is 0 Å². The Labute approximate surface area is 150 Å². The molecule has 24 heavy (non-hydrogen) atoms. The van der Waals surface area contributed by atoms with Gasteiger partial charge in [-0.25, -0.2) is 0 Å². The van der Waals surface area contributed by atoms with E-state index in [2.05, 4.69) is 38.2 Å². The molecule has 0 spiro atoms. The summed E-state index contributed by atoms with van der Waals surface area (Å²) in [6.07, 6.45) is 23.6. The van der Waals surface area contributed by atoms with Gasteiger partial charge < -0.3 is 9.47 Å². The van der Waals surface area contributed by atoms with Crippen molar-refractivity contribution in [3.63, 3.8) is 0 Å². The van der Waals surface area contributed by atoms with Gasteiger partial charge >= 0.3 is 0 Å². The lowest BCUT2D eigenvalue weighted by atomic mass is 9.83. The fourth-order valence-corrected chi connectivity index (χ4v) is 2.89. The quantitative estimate of drug-likeness (QED) is 0.253. The molecule has 0 aromatic rings. The fraction of sp³-hybridized carbons (Fsp3) is 0.727. The third kappa shape index (κ3) is 9.85. The van der Waals surface area contributed by atoms with E-state index in [1.54, 1.807) is 0 Å². The van der Waals surface area contributed by atoms with Gasteiger partial charge in [0.05, 0.1) is 19.5 Å². The maximum absolute atomic E-state index is 5.67. The Hall–Kier alpha value is -1.18. The molecule has 0 N–H and O–H groups in total. The first-order chi connectivity index (χ1) is 11.7. The standard InChI is InChI=1S/C22H38O2/c1-4-6-7-8-9-10-11-12-13-19-23-20-18-22(3)16-14-21(15-17-22)24-5-2/h14-16,18,20H,4-13,17,19H2,1-3H3. The molecule has 0 bridgehead atoms. The average Bonchev–Trinajstić information content (AvgIpc) is 2.58. The first kappa shape index (κ1) is 20.9. The van der Waals surface area contributed by atoms with Gasteiger partial charge in [0, 0.05) is 5.41 Å². The zero-order valence-electron chi connectivity index (χ0n) is 16.2. The van der Waals surface area contributed by atoms with Crippen LogP contribution in [0.25, 0.3) is 0 Å². The molecule has 1 aliphatic carbocycles. The maximum Gasteiger partial charge on any atom is 0.115 e. The largest absolute Gasteiger partial charge is 0.501 e. The molecular weight excluding hydrogens is 296 g/mol. The molecule has 0 radical (unpaired) electrons. The van der Waals surface area contributed by atoms with Crippen molar-refractivity contribution in [1.29, 1.82) is 0 Å². The van der Waals surface area contributed by atoms with Crippen LogP contribution in [0.1, 0.15) is 85.0 Å². The summed E-state index contributed by atoms with van der Waals surface area (Å²) in [5, 5.41) is 0. The third-order valence-electron chi connectivity index (χ3n) is 4.59. The summed E-state index contributed by atoms with van der Waals surface area (Å²) >= 11 is 0. The molecule has 1 atom stereocenters. The topological polar surface area (TPSA) is 18.5 Å². The van der Waals surface area contributed by atoms with E-state index in [1.165, 1.54) is 57.8 Å². The highest BCUT2D eigenvalue weighted by atomic mass is 16.5. The first-order valence-electron chi connectivity index (χ1n) is 10.0. The van der Waals surface area contributed by atoms with E-state index < -0.39 is 0 Å². The number of rotatable bonds is 14. The van der Waals surface area contributed by atoms with E-state index in [1.807, 2.05) is 13.2 Å². The van der Waals surface area contributed by atoms with E-state index in [0.717, 1.165) is 25.4 Å².